The van der Waals surface area contributed by atoms with E-state index in [1.165, 1.54) is 11.1 Å². The lowest BCUT2D eigenvalue weighted by Crippen LogP contribution is -1.92. The molecule has 0 saturated heterocycles. The maximum Gasteiger partial charge on any atom is 0.160 e. The van der Waals surface area contributed by atoms with Gasteiger partial charge in [-0.2, -0.15) is 0 Å². The van der Waals surface area contributed by atoms with E-state index < -0.39 is 0 Å². The minimum absolute atomic E-state index is 0.703. The first-order valence-electron chi connectivity index (χ1n) is 15.0. The summed E-state index contributed by atoms with van der Waals surface area (Å²) in [5.41, 5.74) is 11.3. The third kappa shape index (κ3) is 4.27. The molecule has 0 aliphatic rings. The van der Waals surface area contributed by atoms with E-state index in [0.717, 1.165) is 71.6 Å². The van der Waals surface area contributed by atoms with Crippen LogP contribution in [0.2, 0.25) is 0 Å². The largest absolute Gasteiger partial charge is 0.455 e. The SMILES string of the molecule is c1ccc(-c2cc(-c3ccncc3)cc(-c3ccc(-c4nc5ncccc5c5c4ccc4c6ccccc6oc45)cc3)c2)cc1. The van der Waals surface area contributed by atoms with Crippen LogP contribution in [0.1, 0.15) is 0 Å². The van der Waals surface area contributed by atoms with Crippen molar-refractivity contribution in [3.8, 4) is 44.6 Å². The molecule has 0 N–H and O–H groups in total. The highest BCUT2D eigenvalue weighted by Gasteiger charge is 2.18. The van der Waals surface area contributed by atoms with Gasteiger partial charge in [-0.05, 0) is 88.0 Å². The highest BCUT2D eigenvalue weighted by atomic mass is 16.3. The van der Waals surface area contributed by atoms with Crippen LogP contribution in [0.4, 0.5) is 0 Å². The Morgan fingerprint density at radius 2 is 1.04 bits per heavy atom. The Labute approximate surface area is 259 Å². The summed E-state index contributed by atoms with van der Waals surface area (Å²) in [7, 11) is 0. The van der Waals surface area contributed by atoms with Crippen LogP contribution in [0.3, 0.4) is 0 Å². The van der Waals surface area contributed by atoms with Gasteiger partial charge in [0.2, 0.25) is 0 Å². The van der Waals surface area contributed by atoms with E-state index >= 15 is 0 Å². The second kappa shape index (κ2) is 10.2. The number of nitrogens with zero attached hydrogens (tertiary/aromatic N) is 3. The molecule has 0 bridgehead atoms. The summed E-state index contributed by atoms with van der Waals surface area (Å²) >= 11 is 0. The van der Waals surface area contributed by atoms with Crippen molar-refractivity contribution in [2.45, 2.75) is 0 Å². The number of benzene rings is 5. The van der Waals surface area contributed by atoms with Gasteiger partial charge in [0.05, 0.1) is 5.69 Å². The molecule has 9 aromatic rings. The van der Waals surface area contributed by atoms with Gasteiger partial charge in [0.25, 0.3) is 0 Å². The molecule has 9 rings (SSSR count). The Kier molecular flexibility index (Phi) is 5.78. The summed E-state index contributed by atoms with van der Waals surface area (Å²) in [5, 5.41) is 5.27. The minimum Gasteiger partial charge on any atom is -0.455 e. The Bertz CT molecular complexity index is 2460. The topological polar surface area (TPSA) is 51.8 Å². The predicted octanol–water partition coefficient (Wildman–Crippen LogP) is 10.7. The van der Waals surface area contributed by atoms with Gasteiger partial charge >= 0.3 is 0 Å². The van der Waals surface area contributed by atoms with Gasteiger partial charge in [-0.25, -0.2) is 9.97 Å². The molecule has 0 unspecified atom stereocenters. The fourth-order valence-electron chi connectivity index (χ4n) is 6.44. The lowest BCUT2D eigenvalue weighted by Gasteiger charge is -2.13. The van der Waals surface area contributed by atoms with E-state index in [1.54, 1.807) is 6.20 Å². The smallest absolute Gasteiger partial charge is 0.160 e. The number of aromatic nitrogens is 3. The van der Waals surface area contributed by atoms with Gasteiger partial charge in [0.1, 0.15) is 11.2 Å². The highest BCUT2D eigenvalue weighted by Crippen LogP contribution is 2.41. The molecule has 0 aliphatic heterocycles. The van der Waals surface area contributed by atoms with Crippen LogP contribution in [0, 0.1) is 0 Å². The third-order valence-corrected chi connectivity index (χ3v) is 8.62. The average Bonchev–Trinajstić information content (AvgIpc) is 3.51. The Balaban J connectivity index is 1.21. The number of hydrogen-bond donors (Lipinski definition) is 0. The second-order valence-corrected chi connectivity index (χ2v) is 11.3. The number of pyridine rings is 3. The van der Waals surface area contributed by atoms with Crippen molar-refractivity contribution < 1.29 is 4.42 Å². The first-order valence-corrected chi connectivity index (χ1v) is 15.0. The van der Waals surface area contributed by atoms with Gasteiger partial charge in [0.15, 0.2) is 5.65 Å². The van der Waals surface area contributed by atoms with Crippen molar-refractivity contribution in [1.29, 1.82) is 0 Å². The van der Waals surface area contributed by atoms with Gasteiger partial charge in [0, 0.05) is 51.1 Å². The molecule has 0 aliphatic carbocycles. The molecule has 4 heteroatoms. The molecule has 0 atom stereocenters. The van der Waals surface area contributed by atoms with Crippen LogP contribution in [-0.4, -0.2) is 15.0 Å². The van der Waals surface area contributed by atoms with Crippen molar-refractivity contribution in [1.82, 2.24) is 15.0 Å². The molecule has 4 heterocycles. The zero-order valence-corrected chi connectivity index (χ0v) is 24.2. The molecule has 4 aromatic heterocycles. The monoisotopic (exact) mass is 575 g/mol. The summed E-state index contributed by atoms with van der Waals surface area (Å²) < 4.78 is 6.48. The minimum atomic E-state index is 0.703. The lowest BCUT2D eigenvalue weighted by atomic mass is 9.93. The van der Waals surface area contributed by atoms with Crippen LogP contribution >= 0.6 is 0 Å². The summed E-state index contributed by atoms with van der Waals surface area (Å²) in [5.74, 6) is 0. The molecule has 0 radical (unpaired) electrons. The third-order valence-electron chi connectivity index (χ3n) is 8.62. The van der Waals surface area contributed by atoms with E-state index in [0.29, 0.717) is 5.65 Å². The zero-order valence-electron chi connectivity index (χ0n) is 24.2. The maximum atomic E-state index is 6.48. The van der Waals surface area contributed by atoms with E-state index in [-0.39, 0.29) is 0 Å². The van der Waals surface area contributed by atoms with E-state index in [1.807, 2.05) is 30.6 Å². The van der Waals surface area contributed by atoms with Crippen LogP contribution < -0.4 is 0 Å². The summed E-state index contributed by atoms with van der Waals surface area (Å²) in [6.07, 6.45) is 5.48. The standard InChI is InChI=1S/C41H25N3O/c1-2-7-26(8-3-1)30-23-31(25-32(24-30)28-18-21-42-22-19-28)27-12-14-29(15-13-27)39-35-17-16-34-33-9-4-5-11-37(33)45-40(34)38(35)36-10-6-20-43-41(36)44-39/h1-25H. The first kappa shape index (κ1) is 25.4. The Hall–Kier alpha value is -6.13. The molecular weight excluding hydrogens is 550 g/mol. The molecule has 0 spiro atoms. The summed E-state index contributed by atoms with van der Waals surface area (Å²) in [6, 6.07) is 46.7. The van der Waals surface area contributed by atoms with Crippen LogP contribution in [0.5, 0.6) is 0 Å². The van der Waals surface area contributed by atoms with E-state index in [2.05, 4.69) is 125 Å². The molecule has 4 nitrogen and oxygen atoms in total. The predicted molar refractivity (Wildman–Crippen MR) is 184 cm³/mol. The Morgan fingerprint density at radius 3 is 1.82 bits per heavy atom. The fraction of sp³-hybridized carbons (Fsp3) is 0. The van der Waals surface area contributed by atoms with Gasteiger partial charge in [-0.1, -0.05) is 78.9 Å². The van der Waals surface area contributed by atoms with Crippen molar-refractivity contribution in [2.24, 2.45) is 0 Å². The first-order chi connectivity index (χ1) is 22.3. The highest BCUT2D eigenvalue weighted by molar-refractivity contribution is 6.24. The number of hydrogen-bond acceptors (Lipinski definition) is 4. The van der Waals surface area contributed by atoms with Crippen LogP contribution in [-0.2, 0) is 0 Å². The molecule has 210 valence electrons. The molecule has 5 aromatic carbocycles. The number of fused-ring (bicyclic) bond motifs is 7. The van der Waals surface area contributed by atoms with Crippen molar-refractivity contribution >= 4 is 43.7 Å². The zero-order chi connectivity index (χ0) is 29.7. The molecule has 0 saturated carbocycles. The fourth-order valence-corrected chi connectivity index (χ4v) is 6.44. The maximum absolute atomic E-state index is 6.48. The van der Waals surface area contributed by atoms with Gasteiger partial charge in [-0.3, -0.25) is 4.98 Å². The van der Waals surface area contributed by atoms with Crippen molar-refractivity contribution in [3.63, 3.8) is 0 Å². The summed E-state index contributed by atoms with van der Waals surface area (Å²) in [6.45, 7) is 0. The molecule has 0 amide bonds. The molecular formula is C41H25N3O. The van der Waals surface area contributed by atoms with Crippen molar-refractivity contribution in [2.75, 3.05) is 0 Å². The van der Waals surface area contributed by atoms with Crippen LogP contribution in [0.15, 0.2) is 156 Å². The lowest BCUT2D eigenvalue weighted by molar-refractivity contribution is 0.673. The van der Waals surface area contributed by atoms with E-state index in [9.17, 15) is 0 Å². The summed E-state index contributed by atoms with van der Waals surface area (Å²) in [4.78, 5) is 14.0. The quantitative estimate of drug-likeness (QED) is 0.196. The van der Waals surface area contributed by atoms with Gasteiger partial charge < -0.3 is 4.42 Å². The van der Waals surface area contributed by atoms with Crippen molar-refractivity contribution in [3.05, 3.63) is 152 Å². The number of rotatable bonds is 4. The second-order valence-electron chi connectivity index (χ2n) is 11.3. The van der Waals surface area contributed by atoms with Gasteiger partial charge in [-0.15, -0.1) is 0 Å². The molecule has 0 fully saturated rings. The number of furan rings is 1. The normalized spacial score (nSPS) is 11.6. The van der Waals surface area contributed by atoms with Crippen LogP contribution in [0.25, 0.3) is 88.4 Å². The van der Waals surface area contributed by atoms with E-state index in [4.69, 9.17) is 9.40 Å². The average molecular weight is 576 g/mol. The Morgan fingerprint density at radius 1 is 0.422 bits per heavy atom. The molecule has 45 heavy (non-hydrogen) atoms. The number of para-hydroxylation sites is 1.